The van der Waals surface area contributed by atoms with Crippen LogP contribution in [0.5, 0.6) is 0 Å². The van der Waals surface area contributed by atoms with Gasteiger partial charge in [-0.3, -0.25) is 9.59 Å². The number of primary amides is 1. The number of rotatable bonds is 7. The fourth-order valence-corrected chi connectivity index (χ4v) is 6.93. The fraction of sp³-hybridized carbons (Fsp3) is 0.462. The van der Waals surface area contributed by atoms with Crippen molar-refractivity contribution in [1.29, 1.82) is 0 Å². The summed E-state index contributed by atoms with van der Waals surface area (Å²) in [4.78, 5) is 31.6. The first-order valence-electron chi connectivity index (χ1n) is 11.9. The number of amides is 2. The standard InChI is InChI=1S/C26H27Cl4N3O2/c27-17-2-1-16(20(29)12-17)11-22(24(31)34)33(23-14-32-9-5-15(23)6-10-32)25(35)26(7-8-26)19-4-3-18(28)13-21(19)30/h1-4,12-13,15,22-23H,5-11,14H2,(H2,31,34)/t22-,23?/m0/s1. The van der Waals surface area contributed by atoms with Gasteiger partial charge in [-0.15, -0.1) is 0 Å². The lowest BCUT2D eigenvalue weighted by Crippen LogP contribution is -2.65. The number of carbonyl (C=O) groups excluding carboxylic acids is 2. The van der Waals surface area contributed by atoms with Crippen LogP contribution < -0.4 is 5.73 Å². The number of halogens is 4. The molecule has 6 rings (SSSR count). The molecule has 4 aliphatic rings. The summed E-state index contributed by atoms with van der Waals surface area (Å²) in [6.07, 6.45) is 3.55. The molecule has 3 heterocycles. The molecule has 1 aliphatic carbocycles. The predicted octanol–water partition coefficient (Wildman–Crippen LogP) is 5.35. The molecular weight excluding hydrogens is 528 g/mol. The van der Waals surface area contributed by atoms with Gasteiger partial charge in [0.15, 0.2) is 0 Å². The summed E-state index contributed by atoms with van der Waals surface area (Å²) < 4.78 is 0. The molecule has 2 aromatic carbocycles. The molecule has 3 saturated heterocycles. The van der Waals surface area contributed by atoms with Crippen LogP contribution in [0.15, 0.2) is 36.4 Å². The first-order chi connectivity index (χ1) is 16.7. The Bertz CT molecular complexity index is 1160. The quantitative estimate of drug-likeness (QED) is 0.501. The van der Waals surface area contributed by atoms with Crippen molar-refractivity contribution in [2.24, 2.45) is 11.7 Å². The van der Waals surface area contributed by atoms with Crippen molar-refractivity contribution in [2.45, 2.75) is 49.6 Å². The van der Waals surface area contributed by atoms with E-state index in [0.29, 0.717) is 38.9 Å². The summed E-state index contributed by atoms with van der Waals surface area (Å²) in [5.41, 5.74) is 6.72. The zero-order valence-corrected chi connectivity index (χ0v) is 22.2. The molecule has 4 fully saturated rings. The van der Waals surface area contributed by atoms with Crippen molar-refractivity contribution in [3.05, 3.63) is 67.6 Å². The van der Waals surface area contributed by atoms with E-state index < -0.39 is 17.4 Å². The Balaban J connectivity index is 1.56. The molecule has 1 saturated carbocycles. The van der Waals surface area contributed by atoms with Crippen LogP contribution in [0.3, 0.4) is 0 Å². The largest absolute Gasteiger partial charge is 0.368 e. The molecule has 1 unspecified atom stereocenters. The molecule has 2 aromatic rings. The molecular formula is C26H27Cl4N3O2. The Morgan fingerprint density at radius 1 is 1.00 bits per heavy atom. The lowest BCUT2D eigenvalue weighted by atomic mass is 9.80. The second kappa shape index (κ2) is 9.75. The van der Waals surface area contributed by atoms with E-state index in [1.54, 1.807) is 35.2 Å². The number of nitrogens with zero attached hydrogens (tertiary/aromatic N) is 2. The van der Waals surface area contributed by atoms with Gasteiger partial charge in [0.1, 0.15) is 6.04 Å². The second-order valence-corrected chi connectivity index (χ2v) is 11.7. The normalized spacial score (nSPS) is 25.2. The van der Waals surface area contributed by atoms with E-state index in [4.69, 9.17) is 52.1 Å². The number of hydrogen-bond donors (Lipinski definition) is 1. The highest BCUT2D eigenvalue weighted by molar-refractivity contribution is 6.35. The Kier molecular flexibility index (Phi) is 7.01. The molecule has 2 bridgehead atoms. The van der Waals surface area contributed by atoms with Crippen LogP contribution in [0.4, 0.5) is 0 Å². The van der Waals surface area contributed by atoms with Crippen LogP contribution in [0.1, 0.15) is 36.8 Å². The molecule has 35 heavy (non-hydrogen) atoms. The summed E-state index contributed by atoms with van der Waals surface area (Å²) in [6.45, 7) is 2.77. The Hall–Kier alpha value is -1.50. The number of carbonyl (C=O) groups is 2. The minimum Gasteiger partial charge on any atom is -0.368 e. The van der Waals surface area contributed by atoms with Crippen LogP contribution in [0, 0.1) is 5.92 Å². The number of piperidine rings is 3. The zero-order valence-electron chi connectivity index (χ0n) is 19.2. The minimum absolute atomic E-state index is 0.0886. The van der Waals surface area contributed by atoms with Gasteiger partial charge in [0, 0.05) is 39.1 Å². The summed E-state index contributed by atoms with van der Waals surface area (Å²) in [5.74, 6) is -0.309. The third kappa shape index (κ3) is 4.78. The monoisotopic (exact) mass is 553 g/mol. The molecule has 2 N–H and O–H groups in total. The van der Waals surface area contributed by atoms with Gasteiger partial charge in [0.05, 0.1) is 5.41 Å². The molecule has 0 radical (unpaired) electrons. The SMILES string of the molecule is NC(=O)[C@H](Cc1ccc(Cl)cc1Cl)N(C(=O)C1(c2ccc(Cl)cc2Cl)CC1)C1CN2CCC1CC2. The van der Waals surface area contributed by atoms with Crippen LogP contribution in [0.2, 0.25) is 20.1 Å². The lowest BCUT2D eigenvalue weighted by molar-refractivity contribution is -0.149. The van der Waals surface area contributed by atoms with Crippen molar-refractivity contribution in [2.75, 3.05) is 19.6 Å². The highest BCUT2D eigenvalue weighted by Gasteiger charge is 2.57. The maximum Gasteiger partial charge on any atom is 0.240 e. The first-order valence-corrected chi connectivity index (χ1v) is 13.4. The van der Waals surface area contributed by atoms with Crippen LogP contribution >= 0.6 is 46.4 Å². The Labute approximate surface area is 225 Å². The third-order valence-electron chi connectivity index (χ3n) is 7.91. The van der Waals surface area contributed by atoms with Crippen molar-refractivity contribution in [1.82, 2.24) is 9.80 Å². The molecule has 3 aliphatic heterocycles. The van der Waals surface area contributed by atoms with Gasteiger partial charge >= 0.3 is 0 Å². The van der Waals surface area contributed by atoms with Crippen LogP contribution in [0.25, 0.3) is 0 Å². The third-order valence-corrected chi connectivity index (χ3v) is 9.05. The number of nitrogens with two attached hydrogens (primary N) is 1. The maximum atomic E-state index is 14.5. The smallest absolute Gasteiger partial charge is 0.240 e. The second-order valence-electron chi connectivity index (χ2n) is 9.98. The van der Waals surface area contributed by atoms with E-state index in [1.807, 2.05) is 6.07 Å². The summed E-state index contributed by atoms with van der Waals surface area (Å²) in [7, 11) is 0. The Morgan fingerprint density at radius 3 is 2.14 bits per heavy atom. The maximum absolute atomic E-state index is 14.5. The van der Waals surface area contributed by atoms with Gasteiger partial charge in [-0.05, 0) is 80.1 Å². The summed E-state index contributed by atoms with van der Waals surface area (Å²) in [5, 5.41) is 1.94. The predicted molar refractivity (Wildman–Crippen MR) is 140 cm³/mol. The van der Waals surface area contributed by atoms with E-state index in [-0.39, 0.29) is 18.4 Å². The number of benzene rings is 2. The van der Waals surface area contributed by atoms with Crippen LogP contribution in [-0.2, 0) is 21.4 Å². The highest BCUT2D eigenvalue weighted by atomic mass is 35.5. The molecule has 186 valence electrons. The lowest BCUT2D eigenvalue weighted by Gasteiger charge is -2.51. The summed E-state index contributed by atoms with van der Waals surface area (Å²) in [6, 6.07) is 9.50. The van der Waals surface area contributed by atoms with Crippen molar-refractivity contribution in [3.63, 3.8) is 0 Å². The van der Waals surface area contributed by atoms with E-state index in [1.165, 1.54) is 0 Å². The van der Waals surface area contributed by atoms with Gasteiger partial charge in [0.25, 0.3) is 0 Å². The topological polar surface area (TPSA) is 66.6 Å². The van der Waals surface area contributed by atoms with E-state index >= 15 is 0 Å². The van der Waals surface area contributed by atoms with Gasteiger partial charge in [-0.2, -0.15) is 0 Å². The van der Waals surface area contributed by atoms with Gasteiger partial charge in [-0.1, -0.05) is 58.5 Å². The molecule has 0 spiro atoms. The van der Waals surface area contributed by atoms with Crippen molar-refractivity contribution >= 4 is 58.2 Å². The fourth-order valence-electron chi connectivity index (χ4n) is 5.85. The Morgan fingerprint density at radius 2 is 1.63 bits per heavy atom. The van der Waals surface area contributed by atoms with E-state index in [9.17, 15) is 9.59 Å². The average Bonchev–Trinajstić information content (AvgIpc) is 3.62. The average molecular weight is 555 g/mol. The van der Waals surface area contributed by atoms with Gasteiger partial charge in [-0.25, -0.2) is 0 Å². The number of fused-ring (bicyclic) bond motifs is 3. The minimum atomic E-state index is -0.838. The summed E-state index contributed by atoms with van der Waals surface area (Å²) >= 11 is 25.3. The van der Waals surface area contributed by atoms with E-state index in [0.717, 1.165) is 43.6 Å². The van der Waals surface area contributed by atoms with Crippen molar-refractivity contribution < 1.29 is 9.59 Å². The van der Waals surface area contributed by atoms with Gasteiger partial charge < -0.3 is 15.5 Å². The van der Waals surface area contributed by atoms with Crippen molar-refractivity contribution in [3.8, 4) is 0 Å². The molecule has 5 nitrogen and oxygen atoms in total. The molecule has 0 aromatic heterocycles. The molecule has 2 atom stereocenters. The zero-order chi connectivity index (χ0) is 24.9. The molecule has 9 heteroatoms. The van der Waals surface area contributed by atoms with Gasteiger partial charge in [0.2, 0.25) is 11.8 Å². The first kappa shape index (κ1) is 25.2. The highest BCUT2D eigenvalue weighted by Crippen LogP contribution is 2.53. The van der Waals surface area contributed by atoms with E-state index in [2.05, 4.69) is 4.90 Å². The number of hydrogen-bond acceptors (Lipinski definition) is 3. The molecule has 2 amide bonds. The van der Waals surface area contributed by atoms with Crippen LogP contribution in [-0.4, -0.2) is 53.3 Å².